The molecule has 1 heterocycles. The monoisotopic (exact) mass is 190 g/mol. The van der Waals surface area contributed by atoms with Gasteiger partial charge < -0.3 is 0 Å². The Morgan fingerprint density at radius 2 is 2.07 bits per heavy atom. The highest BCUT2D eigenvalue weighted by molar-refractivity contribution is 5.86. The fourth-order valence-electron chi connectivity index (χ4n) is 1.32. The van der Waals surface area contributed by atoms with Crippen LogP contribution in [0.5, 0.6) is 0 Å². The number of pyridine rings is 1. The summed E-state index contributed by atoms with van der Waals surface area (Å²) in [7, 11) is 0. The number of hydrogen-bond acceptors (Lipinski definition) is 2. The van der Waals surface area contributed by atoms with Crippen molar-refractivity contribution in [3.05, 3.63) is 41.7 Å². The number of hydrogen-bond donors (Lipinski definition) is 0. The highest BCUT2D eigenvalue weighted by Crippen LogP contribution is 2.21. The predicted molar refractivity (Wildman–Crippen MR) is 46.4 cm³/mol. The van der Waals surface area contributed by atoms with Gasteiger partial charge in [0.25, 0.3) is 0 Å². The lowest BCUT2D eigenvalue weighted by Gasteiger charge is -2.00. The van der Waals surface area contributed by atoms with E-state index in [0.29, 0.717) is 5.39 Å². The number of rotatable bonds is 0. The van der Waals surface area contributed by atoms with Crippen LogP contribution < -0.4 is 0 Å². The molecule has 0 saturated carbocycles. The fraction of sp³-hybridized carbons (Fsp3) is 0. The van der Waals surface area contributed by atoms with E-state index in [0.717, 1.165) is 6.07 Å². The lowest BCUT2D eigenvalue weighted by atomic mass is 10.1. The van der Waals surface area contributed by atoms with Crippen molar-refractivity contribution >= 4 is 10.8 Å². The first-order valence-corrected chi connectivity index (χ1v) is 3.86. The molecule has 0 N–H and O–H groups in total. The van der Waals surface area contributed by atoms with Crippen molar-refractivity contribution in [3.8, 4) is 6.07 Å². The molecule has 0 aliphatic carbocycles. The Bertz CT molecular complexity index is 544. The van der Waals surface area contributed by atoms with Gasteiger partial charge in [-0.05, 0) is 17.5 Å². The smallest absolute Gasteiger partial charge is 0.151 e. The van der Waals surface area contributed by atoms with Gasteiger partial charge in [-0.2, -0.15) is 5.26 Å². The van der Waals surface area contributed by atoms with Crippen LogP contribution in [0, 0.1) is 23.0 Å². The summed E-state index contributed by atoms with van der Waals surface area (Å²) in [5.41, 5.74) is -0.0278. The molecular formula is C10H4F2N2. The average molecular weight is 190 g/mol. The zero-order valence-electron chi connectivity index (χ0n) is 6.96. The number of nitriles is 1. The lowest BCUT2D eigenvalue weighted by Crippen LogP contribution is -1.90. The Kier molecular flexibility index (Phi) is 1.86. The predicted octanol–water partition coefficient (Wildman–Crippen LogP) is 2.38. The highest BCUT2D eigenvalue weighted by Gasteiger charge is 2.08. The molecule has 14 heavy (non-hydrogen) atoms. The summed E-state index contributed by atoms with van der Waals surface area (Å²) in [5.74, 6) is -1.42. The molecule has 0 aliphatic heterocycles. The summed E-state index contributed by atoms with van der Waals surface area (Å²) in [6, 6.07) is 5.13. The van der Waals surface area contributed by atoms with Crippen LogP contribution in [0.3, 0.4) is 0 Å². The maximum Gasteiger partial charge on any atom is 0.151 e. The van der Waals surface area contributed by atoms with E-state index in [4.69, 9.17) is 5.26 Å². The van der Waals surface area contributed by atoms with Crippen LogP contribution >= 0.6 is 0 Å². The Morgan fingerprint density at radius 3 is 2.79 bits per heavy atom. The van der Waals surface area contributed by atoms with E-state index in [1.165, 1.54) is 18.3 Å². The molecule has 1 aromatic carbocycles. The number of halogens is 2. The molecule has 68 valence electrons. The van der Waals surface area contributed by atoms with E-state index in [1.54, 1.807) is 6.07 Å². The van der Waals surface area contributed by atoms with Crippen LogP contribution in [0.15, 0.2) is 24.4 Å². The van der Waals surface area contributed by atoms with Crippen molar-refractivity contribution in [2.24, 2.45) is 0 Å². The second kappa shape index (κ2) is 3.04. The third kappa shape index (κ3) is 1.19. The fourth-order valence-corrected chi connectivity index (χ4v) is 1.32. The maximum absolute atomic E-state index is 13.3. The number of benzene rings is 1. The third-order valence-corrected chi connectivity index (χ3v) is 1.89. The minimum absolute atomic E-state index is 0.0278. The van der Waals surface area contributed by atoms with Crippen molar-refractivity contribution in [1.29, 1.82) is 5.26 Å². The second-order valence-corrected chi connectivity index (χ2v) is 2.76. The van der Waals surface area contributed by atoms with Gasteiger partial charge in [0.2, 0.25) is 0 Å². The van der Waals surface area contributed by atoms with E-state index < -0.39 is 11.6 Å². The van der Waals surface area contributed by atoms with Gasteiger partial charge in [-0.15, -0.1) is 0 Å². The first kappa shape index (κ1) is 8.57. The average Bonchev–Trinajstić information content (AvgIpc) is 2.16. The third-order valence-electron chi connectivity index (χ3n) is 1.89. The van der Waals surface area contributed by atoms with Gasteiger partial charge in [0.05, 0.1) is 5.39 Å². The van der Waals surface area contributed by atoms with Crippen LogP contribution in [0.1, 0.15) is 5.69 Å². The SMILES string of the molecule is N#Cc1nccc2cc(F)cc(F)c12. The number of aromatic nitrogens is 1. The van der Waals surface area contributed by atoms with Gasteiger partial charge in [-0.25, -0.2) is 13.8 Å². The minimum Gasteiger partial charge on any atom is -0.245 e. The Morgan fingerprint density at radius 1 is 1.29 bits per heavy atom. The van der Waals surface area contributed by atoms with Crippen molar-refractivity contribution in [2.45, 2.75) is 0 Å². The van der Waals surface area contributed by atoms with Crippen LogP contribution in [0.2, 0.25) is 0 Å². The summed E-state index contributed by atoms with van der Waals surface area (Å²) in [4.78, 5) is 3.69. The van der Waals surface area contributed by atoms with Crippen LogP contribution in [-0.4, -0.2) is 4.98 Å². The summed E-state index contributed by atoms with van der Waals surface area (Å²) in [6.45, 7) is 0. The molecule has 0 amide bonds. The molecule has 1 aromatic heterocycles. The van der Waals surface area contributed by atoms with Crippen molar-refractivity contribution in [2.75, 3.05) is 0 Å². The number of nitrogens with zero attached hydrogens (tertiary/aromatic N) is 2. The van der Waals surface area contributed by atoms with Gasteiger partial charge in [0.15, 0.2) is 5.69 Å². The molecule has 0 fully saturated rings. The van der Waals surface area contributed by atoms with E-state index in [-0.39, 0.29) is 11.1 Å². The quantitative estimate of drug-likeness (QED) is 0.639. The van der Waals surface area contributed by atoms with Gasteiger partial charge in [0, 0.05) is 12.3 Å². The van der Waals surface area contributed by atoms with Crippen LogP contribution in [-0.2, 0) is 0 Å². The van der Waals surface area contributed by atoms with Gasteiger partial charge in [-0.1, -0.05) is 0 Å². The molecule has 2 rings (SSSR count). The molecule has 0 radical (unpaired) electrons. The minimum atomic E-state index is -0.760. The topological polar surface area (TPSA) is 36.7 Å². The zero-order valence-corrected chi connectivity index (χ0v) is 6.96. The first-order valence-electron chi connectivity index (χ1n) is 3.86. The van der Waals surface area contributed by atoms with E-state index in [1.807, 2.05) is 0 Å². The first-order chi connectivity index (χ1) is 6.72. The van der Waals surface area contributed by atoms with Crippen molar-refractivity contribution in [3.63, 3.8) is 0 Å². The van der Waals surface area contributed by atoms with Gasteiger partial charge >= 0.3 is 0 Å². The van der Waals surface area contributed by atoms with E-state index in [9.17, 15) is 8.78 Å². The molecule has 0 unspecified atom stereocenters. The normalized spacial score (nSPS) is 10.1. The zero-order chi connectivity index (χ0) is 10.1. The molecule has 4 heteroatoms. The van der Waals surface area contributed by atoms with Gasteiger partial charge in [0.1, 0.15) is 17.7 Å². The molecule has 2 aromatic rings. The standard InChI is InChI=1S/C10H4F2N2/c11-7-3-6-1-2-14-9(5-13)10(6)8(12)4-7/h1-4H. The van der Waals surface area contributed by atoms with Crippen LogP contribution in [0.4, 0.5) is 8.78 Å². The van der Waals surface area contributed by atoms with Crippen LogP contribution in [0.25, 0.3) is 10.8 Å². The summed E-state index contributed by atoms with van der Waals surface area (Å²) in [6.07, 6.45) is 1.35. The molecule has 0 spiro atoms. The molecular weight excluding hydrogens is 186 g/mol. The summed E-state index contributed by atoms with van der Waals surface area (Å²) < 4.78 is 26.1. The largest absolute Gasteiger partial charge is 0.245 e. The molecule has 0 bridgehead atoms. The Labute approximate surface area is 78.4 Å². The van der Waals surface area contributed by atoms with E-state index in [2.05, 4.69) is 4.98 Å². The summed E-state index contributed by atoms with van der Waals surface area (Å²) in [5, 5.41) is 9.06. The number of fused-ring (bicyclic) bond motifs is 1. The second-order valence-electron chi connectivity index (χ2n) is 2.76. The molecule has 0 atom stereocenters. The maximum atomic E-state index is 13.3. The molecule has 2 nitrogen and oxygen atoms in total. The van der Waals surface area contributed by atoms with Crippen molar-refractivity contribution in [1.82, 2.24) is 4.98 Å². The van der Waals surface area contributed by atoms with Gasteiger partial charge in [-0.3, -0.25) is 0 Å². The molecule has 0 saturated heterocycles. The van der Waals surface area contributed by atoms with Crippen molar-refractivity contribution < 1.29 is 8.78 Å². The Balaban J connectivity index is 2.96. The highest BCUT2D eigenvalue weighted by atomic mass is 19.1. The Hall–Kier alpha value is -2.02. The lowest BCUT2D eigenvalue weighted by molar-refractivity contribution is 0.591. The molecule has 0 aliphatic rings. The summed E-state index contributed by atoms with van der Waals surface area (Å²) >= 11 is 0. The van der Waals surface area contributed by atoms with E-state index >= 15 is 0 Å².